The zero-order valence-electron chi connectivity index (χ0n) is 66.3. The molecule has 113 heavy (non-hydrogen) atoms. The molecule has 588 valence electrons. The quantitative estimate of drug-likeness (QED) is 0.00540. The van der Waals surface area contributed by atoms with Crippen molar-refractivity contribution < 1.29 is 81.4 Å². The first-order valence-electron chi connectivity index (χ1n) is 38.7. The fraction of sp³-hybridized carbons (Fsp3) is 0.344. The van der Waals surface area contributed by atoms with Gasteiger partial charge >= 0.3 is 41.8 Å². The van der Waals surface area contributed by atoms with Gasteiger partial charge in [0.1, 0.15) is 12.3 Å². The van der Waals surface area contributed by atoms with Crippen molar-refractivity contribution >= 4 is 76.3 Å². The van der Waals surface area contributed by atoms with Crippen LogP contribution in [0.5, 0.6) is 0 Å². The van der Waals surface area contributed by atoms with Crippen molar-refractivity contribution in [3.63, 3.8) is 0 Å². The number of esters is 4. The summed E-state index contributed by atoms with van der Waals surface area (Å²) in [6.45, 7) is 16.5. The normalized spacial score (nSPS) is 13.4. The lowest BCUT2D eigenvalue weighted by Crippen LogP contribution is -2.28. The van der Waals surface area contributed by atoms with E-state index in [0.717, 1.165) is 127 Å². The maximum Gasteiger partial charge on any atom is 0.364 e. The molecule has 0 unspecified atom stereocenters. The number of oxime groups is 3. The number of rotatable bonds is 33. The molecule has 0 atom stereocenters. The number of nitrogens with zero attached hydrogens (tertiary/aromatic N) is 3. The molecule has 0 N–H and O–H groups in total. The molecular weight excluding hydrogens is 1430 g/mol. The van der Waals surface area contributed by atoms with Gasteiger partial charge in [0.05, 0.1) is 27.2 Å². The van der Waals surface area contributed by atoms with Crippen molar-refractivity contribution in [3.8, 4) is 33.4 Å². The van der Waals surface area contributed by atoms with Crippen LogP contribution < -0.4 is 0 Å². The number of Topliss-reactive ketones (excluding diaryl/α,β-unsaturated/α-hetero) is 3. The smallest absolute Gasteiger partial charge is 0.364 e. The number of ether oxygens (including phenoxy) is 4. The third-order valence-electron chi connectivity index (χ3n) is 20.9. The molecule has 0 aromatic heterocycles. The summed E-state index contributed by atoms with van der Waals surface area (Å²) in [6, 6.07) is 57.7. The van der Waals surface area contributed by atoms with Crippen LogP contribution in [0.4, 0.5) is 0 Å². The highest BCUT2D eigenvalue weighted by atomic mass is 16.7. The second kappa shape index (κ2) is 39.8. The average molecular weight is 1530 g/mol. The number of methoxy groups -OCH3 is 2. The third-order valence-corrected chi connectivity index (χ3v) is 20.9. The van der Waals surface area contributed by atoms with Gasteiger partial charge in [-0.1, -0.05) is 246 Å². The average Bonchev–Trinajstić information content (AvgIpc) is 1.58. The number of hydrogen-bond acceptors (Lipinski definition) is 20. The zero-order valence-corrected chi connectivity index (χ0v) is 66.3. The number of carbonyl (C=O) groups is 10. The Morgan fingerprint density at radius 3 is 1.20 bits per heavy atom. The first-order valence-corrected chi connectivity index (χ1v) is 38.7. The molecule has 0 spiro atoms. The lowest BCUT2D eigenvalue weighted by molar-refractivity contribution is -0.144. The van der Waals surface area contributed by atoms with Crippen molar-refractivity contribution in [2.45, 2.75) is 188 Å². The Labute approximate surface area is 660 Å². The van der Waals surface area contributed by atoms with E-state index in [1.165, 1.54) is 50.3 Å². The summed E-state index contributed by atoms with van der Waals surface area (Å²) in [4.78, 5) is 140. The van der Waals surface area contributed by atoms with Gasteiger partial charge in [0.25, 0.3) is 0 Å². The van der Waals surface area contributed by atoms with Crippen molar-refractivity contribution in [1.82, 2.24) is 0 Å². The van der Waals surface area contributed by atoms with Crippen LogP contribution in [0, 0.1) is 6.92 Å². The highest BCUT2D eigenvalue weighted by Crippen LogP contribution is 2.57. The molecule has 0 radical (unpaired) electrons. The number of aryl methyl sites for hydroxylation is 1. The molecule has 8 aromatic rings. The minimum atomic E-state index is -0.952. The maximum atomic E-state index is 13.9. The summed E-state index contributed by atoms with van der Waals surface area (Å²) in [5, 5.41) is 11.4. The predicted molar refractivity (Wildman–Crippen MR) is 432 cm³/mol. The molecular formula is C93H99N3O17. The molecule has 3 aliphatic carbocycles. The van der Waals surface area contributed by atoms with E-state index in [2.05, 4.69) is 85.6 Å². The molecule has 11 rings (SSSR count). The number of carbonyl (C=O) groups excluding carboxylic acids is 10. The van der Waals surface area contributed by atoms with Crippen LogP contribution in [0.15, 0.2) is 197 Å². The minimum absolute atomic E-state index is 0.00140. The van der Waals surface area contributed by atoms with Gasteiger partial charge in [-0.25, -0.2) is 19.2 Å². The van der Waals surface area contributed by atoms with Crippen LogP contribution in [-0.4, -0.2) is 97.1 Å². The molecule has 0 amide bonds. The molecule has 0 saturated heterocycles. The molecule has 20 nitrogen and oxygen atoms in total. The van der Waals surface area contributed by atoms with Crippen LogP contribution >= 0.6 is 0 Å². The molecule has 0 aliphatic heterocycles. The molecule has 20 heteroatoms. The van der Waals surface area contributed by atoms with E-state index in [0.29, 0.717) is 41.7 Å². The van der Waals surface area contributed by atoms with Crippen LogP contribution in [0.25, 0.3) is 33.4 Å². The van der Waals surface area contributed by atoms with E-state index >= 15 is 0 Å². The Bertz CT molecular complexity index is 4920. The third kappa shape index (κ3) is 19.7. The molecule has 8 aromatic carbocycles. The van der Waals surface area contributed by atoms with Gasteiger partial charge in [0.15, 0.2) is 5.71 Å². The summed E-state index contributed by atoms with van der Waals surface area (Å²) in [5.41, 5.74) is 14.7. The Balaban J connectivity index is 0.000000195. The first-order chi connectivity index (χ1) is 54.5. The fourth-order valence-corrected chi connectivity index (χ4v) is 15.9. The highest BCUT2D eigenvalue weighted by Gasteiger charge is 2.46. The summed E-state index contributed by atoms with van der Waals surface area (Å²) < 4.78 is 20.4. The fourth-order valence-electron chi connectivity index (χ4n) is 15.9. The lowest BCUT2D eigenvalue weighted by atomic mass is 9.71. The zero-order chi connectivity index (χ0) is 81.4. The Kier molecular flexibility index (Phi) is 30.0. The minimum Gasteiger partial charge on any atom is -0.469 e. The van der Waals surface area contributed by atoms with Gasteiger partial charge in [-0.15, -0.1) is 0 Å². The van der Waals surface area contributed by atoms with Crippen LogP contribution in [0.2, 0.25) is 0 Å². The van der Waals surface area contributed by atoms with Crippen LogP contribution in [-0.2, 0) is 89.9 Å². The van der Waals surface area contributed by atoms with Gasteiger partial charge < -0.3 is 33.5 Å². The van der Waals surface area contributed by atoms with Gasteiger partial charge in [-0.2, -0.15) is 0 Å². The van der Waals surface area contributed by atoms with Gasteiger partial charge in [0, 0.05) is 78.5 Å². The summed E-state index contributed by atoms with van der Waals surface area (Å²) in [5.74, 6) is -5.53. The van der Waals surface area contributed by atoms with E-state index in [4.69, 9.17) is 33.5 Å². The Morgan fingerprint density at radius 1 is 0.363 bits per heavy atom. The standard InChI is InChI=1S/C32H31NO7.C31H31NO5.C30H37NO5/c1-20-9-5-6-10-23(20)30(33-40-21(2)34)31(37)22-13-14-25-24-11-7-8-12-26(24)32(27(25)19-22,17-15-28(35)38-3)18-16-29(36)39-4;1-4-17-31(18-5-2)26-14-10-9-13-24(26)25-16-15-23(19-27(25)31)29(34)28(32-37-21(3)33)30(35)36-20-22-11-7-6-8-12-22;1-5-8-19-35-28(33)16-15-27(31-36-21(4)32)29(34)22-13-14-24-23-11-9-10-12-25(23)30(17-6-2,18-7-3)26(24)20-22/h5-14,19H,15-18H2,1-4H3;6-16,19H,4-5,17-18,20H2,1-3H3;9-14,20H,5-8,15-19H2,1-4H3/b33-30+;32-28-;31-27+. The summed E-state index contributed by atoms with van der Waals surface area (Å²) >= 11 is 0. The van der Waals surface area contributed by atoms with Gasteiger partial charge in [0.2, 0.25) is 23.1 Å². The number of hydrogen-bond donors (Lipinski definition) is 0. The number of unbranched alkanes of at least 4 members (excludes halogenated alkanes) is 1. The van der Waals surface area contributed by atoms with E-state index in [1.807, 2.05) is 105 Å². The van der Waals surface area contributed by atoms with E-state index < -0.39 is 52.5 Å². The van der Waals surface area contributed by atoms with E-state index in [-0.39, 0.29) is 72.3 Å². The van der Waals surface area contributed by atoms with Crippen molar-refractivity contribution in [2.75, 3.05) is 20.8 Å². The molecule has 0 fully saturated rings. The topological polar surface area (TPSA) is 272 Å². The van der Waals surface area contributed by atoms with Gasteiger partial charge in [-0.05, 0) is 148 Å². The molecule has 3 aliphatic rings. The highest BCUT2D eigenvalue weighted by molar-refractivity contribution is 6.67. The van der Waals surface area contributed by atoms with Crippen molar-refractivity contribution in [2.24, 2.45) is 15.5 Å². The van der Waals surface area contributed by atoms with E-state index in [1.54, 1.807) is 48.5 Å². The summed E-state index contributed by atoms with van der Waals surface area (Å²) in [7, 11) is 2.68. The summed E-state index contributed by atoms with van der Waals surface area (Å²) in [6.07, 6.45) is 10.5. The largest absolute Gasteiger partial charge is 0.469 e. The monoisotopic (exact) mass is 1530 g/mol. The Morgan fingerprint density at radius 2 is 0.761 bits per heavy atom. The van der Waals surface area contributed by atoms with Crippen LogP contribution in [0.1, 0.15) is 239 Å². The second-order valence-corrected chi connectivity index (χ2v) is 28.4. The number of benzene rings is 8. The molecule has 0 heterocycles. The predicted octanol–water partition coefficient (Wildman–Crippen LogP) is 18.5. The SMILES string of the molecule is CCCC1(CCC)c2ccccc2-c2ccc(C(=O)/C(=N/OC(C)=O)C(=O)OCc3ccccc3)cc21.CCCCOC(=O)CC/C(=N\OC(C)=O)C(=O)c1ccc2c(c1)C(CCC)(CCC)c1ccccc1-2.COC(=O)CCC1(CCC(=O)OC)c2ccccc2-c2ccc(C(=O)/C(=N/OC(C)=O)c3ccccc3C)cc21. The second-order valence-electron chi connectivity index (χ2n) is 28.4. The van der Waals surface area contributed by atoms with Crippen LogP contribution in [0.3, 0.4) is 0 Å². The number of ketones is 3. The van der Waals surface area contributed by atoms with Gasteiger partial charge in [-0.3, -0.25) is 28.8 Å². The van der Waals surface area contributed by atoms with Crippen molar-refractivity contribution in [1.29, 1.82) is 0 Å². The molecule has 0 bridgehead atoms. The molecule has 0 saturated carbocycles. The van der Waals surface area contributed by atoms with Crippen molar-refractivity contribution in [3.05, 3.63) is 249 Å². The maximum absolute atomic E-state index is 13.9. The van der Waals surface area contributed by atoms with E-state index in [9.17, 15) is 47.9 Å². The number of fused-ring (bicyclic) bond motifs is 9. The lowest BCUT2D eigenvalue weighted by Gasteiger charge is -2.32. The Hall–Kier alpha value is -11.9. The first kappa shape index (κ1) is 85.1.